The van der Waals surface area contributed by atoms with Crippen molar-refractivity contribution >= 4 is 15.7 Å². The van der Waals surface area contributed by atoms with Crippen LogP contribution in [0.5, 0.6) is 5.75 Å². The molecule has 0 amide bonds. The minimum Gasteiger partial charge on any atom is -0.495 e. The zero-order valence-corrected chi connectivity index (χ0v) is 11.6. The highest BCUT2D eigenvalue weighted by Gasteiger charge is 2.29. The van der Waals surface area contributed by atoms with E-state index in [2.05, 4.69) is 0 Å². The minimum atomic E-state index is -3.60. The number of nitrogen functional groups attached to an aromatic ring is 1. The second kappa shape index (κ2) is 5.36. The molecule has 0 unspecified atom stereocenters. The van der Waals surface area contributed by atoms with Crippen molar-refractivity contribution < 1.29 is 18.3 Å². The van der Waals surface area contributed by atoms with Gasteiger partial charge in [-0.15, -0.1) is 0 Å². The summed E-state index contributed by atoms with van der Waals surface area (Å²) in [5.41, 5.74) is 6.01. The van der Waals surface area contributed by atoms with Gasteiger partial charge in [-0.25, -0.2) is 8.42 Å². The first-order valence-corrected chi connectivity index (χ1v) is 7.51. The molecule has 0 aromatic heterocycles. The lowest BCUT2D eigenvalue weighted by molar-refractivity contribution is 0.108. The molecule has 6 nitrogen and oxygen atoms in total. The zero-order chi connectivity index (χ0) is 14.0. The number of hydrogen-bond donors (Lipinski definition) is 2. The SMILES string of the molecule is COc1ccc(S(=O)(=O)N2CCC[C@H](O)C2)cc1N. The molecule has 1 heterocycles. The Hall–Kier alpha value is -1.31. The molecule has 1 atom stereocenters. The molecule has 1 aliphatic heterocycles. The quantitative estimate of drug-likeness (QED) is 0.786. The van der Waals surface area contributed by atoms with Crippen molar-refractivity contribution in [3.8, 4) is 5.75 Å². The number of methoxy groups -OCH3 is 1. The predicted octanol–water partition coefficient (Wildman–Crippen LogP) is 0.423. The second-order valence-corrected chi connectivity index (χ2v) is 6.50. The van der Waals surface area contributed by atoms with Gasteiger partial charge in [-0.2, -0.15) is 4.31 Å². The summed E-state index contributed by atoms with van der Waals surface area (Å²) >= 11 is 0. The third kappa shape index (κ3) is 2.83. The molecule has 0 bridgehead atoms. The van der Waals surface area contributed by atoms with Crippen LogP contribution in [0.4, 0.5) is 5.69 Å². The van der Waals surface area contributed by atoms with Gasteiger partial charge in [0.15, 0.2) is 0 Å². The average molecular weight is 286 g/mol. The predicted molar refractivity (Wildman–Crippen MR) is 71.4 cm³/mol. The Morgan fingerprint density at radius 1 is 1.47 bits per heavy atom. The van der Waals surface area contributed by atoms with E-state index in [1.807, 2.05) is 0 Å². The van der Waals surface area contributed by atoms with Crippen molar-refractivity contribution in [1.29, 1.82) is 0 Å². The van der Waals surface area contributed by atoms with E-state index in [-0.39, 0.29) is 17.1 Å². The Labute approximate surface area is 112 Å². The molecule has 0 aliphatic carbocycles. The molecule has 2 rings (SSSR count). The van der Waals surface area contributed by atoms with Gasteiger partial charge < -0.3 is 15.6 Å². The molecule has 1 aliphatic rings. The lowest BCUT2D eigenvalue weighted by Gasteiger charge is -2.29. The van der Waals surface area contributed by atoms with E-state index in [0.29, 0.717) is 25.1 Å². The summed E-state index contributed by atoms with van der Waals surface area (Å²) in [6.45, 7) is 0.555. The first kappa shape index (κ1) is 14.1. The van der Waals surface area contributed by atoms with Crippen LogP contribution in [0.1, 0.15) is 12.8 Å². The average Bonchev–Trinajstić information content (AvgIpc) is 2.38. The van der Waals surface area contributed by atoms with Crippen LogP contribution in [0.2, 0.25) is 0 Å². The number of benzene rings is 1. The van der Waals surface area contributed by atoms with Crippen LogP contribution in [0.15, 0.2) is 23.1 Å². The van der Waals surface area contributed by atoms with Gasteiger partial charge in [0.25, 0.3) is 0 Å². The van der Waals surface area contributed by atoms with Crippen LogP contribution < -0.4 is 10.5 Å². The number of aliphatic hydroxyl groups is 1. The fourth-order valence-corrected chi connectivity index (χ4v) is 3.71. The zero-order valence-electron chi connectivity index (χ0n) is 10.7. The Bertz CT molecular complexity index is 559. The maximum atomic E-state index is 12.4. The van der Waals surface area contributed by atoms with Gasteiger partial charge >= 0.3 is 0 Å². The summed E-state index contributed by atoms with van der Waals surface area (Å²) in [5, 5.41) is 9.58. The Morgan fingerprint density at radius 3 is 2.79 bits per heavy atom. The largest absolute Gasteiger partial charge is 0.495 e. The number of nitrogens with two attached hydrogens (primary N) is 1. The number of nitrogens with zero attached hydrogens (tertiary/aromatic N) is 1. The van der Waals surface area contributed by atoms with E-state index in [4.69, 9.17) is 10.5 Å². The molecule has 1 saturated heterocycles. The monoisotopic (exact) mass is 286 g/mol. The third-order valence-electron chi connectivity index (χ3n) is 3.20. The van der Waals surface area contributed by atoms with Gasteiger partial charge in [-0.05, 0) is 31.0 Å². The minimum absolute atomic E-state index is 0.125. The molecule has 3 N–H and O–H groups in total. The van der Waals surface area contributed by atoms with Crippen LogP contribution in [0, 0.1) is 0 Å². The molecule has 0 saturated carbocycles. The number of ether oxygens (including phenoxy) is 1. The second-order valence-electron chi connectivity index (χ2n) is 4.56. The summed E-state index contributed by atoms with van der Waals surface area (Å²) in [5.74, 6) is 0.442. The first-order valence-electron chi connectivity index (χ1n) is 6.07. The van der Waals surface area contributed by atoms with Gasteiger partial charge in [-0.1, -0.05) is 0 Å². The molecular weight excluding hydrogens is 268 g/mol. The van der Waals surface area contributed by atoms with Gasteiger partial charge in [0.1, 0.15) is 5.75 Å². The molecule has 1 fully saturated rings. The fraction of sp³-hybridized carbons (Fsp3) is 0.500. The van der Waals surface area contributed by atoms with Crippen molar-refractivity contribution in [1.82, 2.24) is 4.31 Å². The third-order valence-corrected chi connectivity index (χ3v) is 5.06. The van der Waals surface area contributed by atoms with Crippen LogP contribution >= 0.6 is 0 Å². The lowest BCUT2D eigenvalue weighted by atomic mass is 10.1. The topological polar surface area (TPSA) is 92.9 Å². The van der Waals surface area contributed by atoms with Crippen molar-refractivity contribution in [2.24, 2.45) is 0 Å². The molecule has 0 radical (unpaired) electrons. The first-order chi connectivity index (χ1) is 8.95. The lowest BCUT2D eigenvalue weighted by Crippen LogP contribution is -2.42. The van der Waals surface area contributed by atoms with Crippen molar-refractivity contribution in [3.63, 3.8) is 0 Å². The van der Waals surface area contributed by atoms with Gasteiger partial charge in [-0.3, -0.25) is 0 Å². The van der Waals surface area contributed by atoms with Crippen molar-refractivity contribution in [2.75, 3.05) is 25.9 Å². The van der Waals surface area contributed by atoms with E-state index in [9.17, 15) is 13.5 Å². The normalized spacial score (nSPS) is 21.3. The standard InChI is InChI=1S/C12H18N2O4S/c1-18-12-5-4-10(7-11(12)13)19(16,17)14-6-2-3-9(15)8-14/h4-5,7,9,15H,2-3,6,8,13H2,1H3/t9-/m0/s1. The summed E-state index contributed by atoms with van der Waals surface area (Å²) in [6, 6.07) is 4.38. The van der Waals surface area contributed by atoms with Crippen LogP contribution in [0.3, 0.4) is 0 Å². The number of piperidine rings is 1. The Morgan fingerprint density at radius 2 is 2.21 bits per heavy atom. The van der Waals surface area contributed by atoms with E-state index < -0.39 is 16.1 Å². The maximum absolute atomic E-state index is 12.4. The van der Waals surface area contributed by atoms with E-state index >= 15 is 0 Å². The summed E-state index contributed by atoms with van der Waals surface area (Å²) in [6.07, 6.45) is 0.696. The summed E-state index contributed by atoms with van der Waals surface area (Å²) in [4.78, 5) is 0.125. The number of hydrogen-bond acceptors (Lipinski definition) is 5. The highest BCUT2D eigenvalue weighted by Crippen LogP contribution is 2.27. The van der Waals surface area contributed by atoms with Crippen LogP contribution in [-0.2, 0) is 10.0 Å². The van der Waals surface area contributed by atoms with E-state index in [1.54, 1.807) is 0 Å². The molecule has 1 aromatic carbocycles. The molecule has 7 heteroatoms. The summed E-state index contributed by atoms with van der Waals surface area (Å²) < 4.78 is 31.1. The van der Waals surface area contributed by atoms with Crippen molar-refractivity contribution in [2.45, 2.75) is 23.8 Å². The van der Waals surface area contributed by atoms with E-state index in [0.717, 1.165) is 0 Å². The van der Waals surface area contributed by atoms with Crippen LogP contribution in [-0.4, -0.2) is 44.1 Å². The number of aliphatic hydroxyl groups excluding tert-OH is 1. The maximum Gasteiger partial charge on any atom is 0.243 e. The smallest absolute Gasteiger partial charge is 0.243 e. The molecule has 106 valence electrons. The molecule has 19 heavy (non-hydrogen) atoms. The molecule has 0 spiro atoms. The number of rotatable bonds is 3. The van der Waals surface area contributed by atoms with Crippen LogP contribution in [0.25, 0.3) is 0 Å². The van der Waals surface area contributed by atoms with Gasteiger partial charge in [0.2, 0.25) is 10.0 Å². The molecular formula is C12H18N2O4S. The van der Waals surface area contributed by atoms with Crippen molar-refractivity contribution in [3.05, 3.63) is 18.2 Å². The highest BCUT2D eigenvalue weighted by atomic mass is 32.2. The van der Waals surface area contributed by atoms with Gasteiger partial charge in [0.05, 0.1) is 23.8 Å². The fourth-order valence-electron chi connectivity index (χ4n) is 2.16. The highest BCUT2D eigenvalue weighted by molar-refractivity contribution is 7.89. The van der Waals surface area contributed by atoms with Gasteiger partial charge in [0, 0.05) is 13.1 Å². The number of anilines is 1. The Balaban J connectivity index is 2.31. The number of sulfonamides is 1. The number of β-amino-alcohol motifs (C(OH)–C–C–N with tert-alkyl or cyclic N) is 1. The summed E-state index contributed by atoms with van der Waals surface area (Å²) in [7, 11) is -2.13. The molecule has 1 aromatic rings. The van der Waals surface area contributed by atoms with E-state index in [1.165, 1.54) is 29.6 Å². The Kier molecular flexibility index (Phi) is 3.98.